The Hall–Kier alpha value is -1.33. The van der Waals surface area contributed by atoms with Gasteiger partial charge >= 0.3 is 0 Å². The molecule has 122 valence electrons. The van der Waals surface area contributed by atoms with E-state index in [9.17, 15) is 9.90 Å². The zero-order valence-corrected chi connectivity index (χ0v) is 14.1. The van der Waals surface area contributed by atoms with Gasteiger partial charge in [0.2, 0.25) is 5.88 Å². The van der Waals surface area contributed by atoms with Crippen molar-refractivity contribution < 1.29 is 14.6 Å². The molecule has 5 nitrogen and oxygen atoms in total. The summed E-state index contributed by atoms with van der Waals surface area (Å²) in [4.78, 5) is 18.1. The number of amides is 1. The van der Waals surface area contributed by atoms with Gasteiger partial charge in [0.1, 0.15) is 5.02 Å². The minimum Gasteiger partial charge on any atom is -0.474 e. The number of hydrogen-bond donors (Lipinski definition) is 1. The number of aromatic nitrogens is 1. The van der Waals surface area contributed by atoms with Crippen molar-refractivity contribution in [1.82, 2.24) is 9.88 Å². The highest BCUT2D eigenvalue weighted by molar-refractivity contribution is 6.32. The van der Waals surface area contributed by atoms with Gasteiger partial charge in [-0.2, -0.15) is 0 Å². The highest BCUT2D eigenvalue weighted by Gasteiger charge is 2.33. The van der Waals surface area contributed by atoms with Crippen molar-refractivity contribution in [3.8, 4) is 5.88 Å². The van der Waals surface area contributed by atoms with E-state index in [2.05, 4.69) is 4.98 Å². The minimum atomic E-state index is -0.762. The van der Waals surface area contributed by atoms with Crippen molar-refractivity contribution >= 4 is 17.5 Å². The molecule has 0 saturated heterocycles. The molecule has 1 aromatic rings. The third-order valence-electron chi connectivity index (χ3n) is 3.81. The van der Waals surface area contributed by atoms with Crippen LogP contribution in [0.15, 0.2) is 12.3 Å². The fourth-order valence-electron chi connectivity index (χ4n) is 2.78. The number of aliphatic hydroxyl groups is 1. The second kappa shape index (κ2) is 6.84. The molecule has 0 spiro atoms. The van der Waals surface area contributed by atoms with Crippen LogP contribution in [0, 0.1) is 0 Å². The second-order valence-corrected chi connectivity index (χ2v) is 6.68. The Morgan fingerprint density at radius 1 is 1.50 bits per heavy atom. The second-order valence-electron chi connectivity index (χ2n) is 6.27. The Morgan fingerprint density at radius 3 is 2.68 bits per heavy atom. The summed E-state index contributed by atoms with van der Waals surface area (Å²) in [5.74, 6) is 0.121. The summed E-state index contributed by atoms with van der Waals surface area (Å²) in [5, 5.41) is 10.7. The van der Waals surface area contributed by atoms with Crippen LogP contribution in [0.25, 0.3) is 0 Å². The molecule has 1 aliphatic rings. The van der Waals surface area contributed by atoms with Crippen molar-refractivity contribution in [2.24, 2.45) is 0 Å². The van der Waals surface area contributed by atoms with E-state index in [0.29, 0.717) is 23.0 Å². The molecule has 0 atom stereocenters. The van der Waals surface area contributed by atoms with Crippen molar-refractivity contribution in [1.29, 1.82) is 0 Å². The largest absolute Gasteiger partial charge is 0.474 e. The van der Waals surface area contributed by atoms with E-state index < -0.39 is 5.60 Å². The molecule has 2 rings (SSSR count). The molecule has 1 amide bonds. The Morgan fingerprint density at radius 2 is 2.14 bits per heavy atom. The Bertz CT molecular complexity index is 542. The Labute approximate surface area is 136 Å². The third-order valence-corrected chi connectivity index (χ3v) is 4.08. The minimum absolute atomic E-state index is 0.0363. The van der Waals surface area contributed by atoms with E-state index in [-0.39, 0.29) is 12.0 Å². The first kappa shape index (κ1) is 17.0. The van der Waals surface area contributed by atoms with Gasteiger partial charge in [0.15, 0.2) is 0 Å². The number of likely N-dealkylation sites (N-methyl/N-ethyl adjacent to an activating group) is 1. The first-order chi connectivity index (χ1) is 10.3. The topological polar surface area (TPSA) is 62.7 Å². The number of pyridine rings is 1. The number of hydrogen-bond acceptors (Lipinski definition) is 4. The number of nitrogens with zero attached hydrogens (tertiary/aromatic N) is 2. The van der Waals surface area contributed by atoms with Crippen LogP contribution in [0.2, 0.25) is 5.02 Å². The maximum atomic E-state index is 12.4. The Balaban J connectivity index is 2.07. The van der Waals surface area contributed by atoms with E-state index in [1.807, 2.05) is 13.8 Å². The molecule has 0 unspecified atom stereocenters. The SMILES string of the molecule is CC(C)Oc1ncc(C(=O)N(C)CC2(O)CCCC2)cc1Cl. The number of carbonyl (C=O) groups excluding carboxylic acids is 1. The van der Waals surface area contributed by atoms with Crippen molar-refractivity contribution in [2.45, 2.75) is 51.2 Å². The summed E-state index contributed by atoms with van der Waals surface area (Å²) in [6.45, 7) is 4.09. The average Bonchev–Trinajstić information content (AvgIpc) is 2.86. The smallest absolute Gasteiger partial charge is 0.255 e. The van der Waals surface area contributed by atoms with Crippen LogP contribution in [-0.2, 0) is 0 Å². The molecule has 0 bridgehead atoms. The summed E-state index contributed by atoms with van der Waals surface area (Å²) >= 11 is 6.11. The van der Waals surface area contributed by atoms with Gasteiger partial charge in [-0.15, -0.1) is 0 Å². The van der Waals surface area contributed by atoms with Crippen LogP contribution in [0.4, 0.5) is 0 Å². The van der Waals surface area contributed by atoms with E-state index in [1.54, 1.807) is 13.1 Å². The molecule has 0 aromatic carbocycles. The van der Waals surface area contributed by atoms with Crippen molar-refractivity contribution in [2.75, 3.05) is 13.6 Å². The lowest BCUT2D eigenvalue weighted by atomic mass is 10.0. The highest BCUT2D eigenvalue weighted by Crippen LogP contribution is 2.30. The first-order valence-corrected chi connectivity index (χ1v) is 7.98. The van der Waals surface area contributed by atoms with Gasteiger partial charge in [0, 0.05) is 19.8 Å². The van der Waals surface area contributed by atoms with Crippen molar-refractivity contribution in [3.05, 3.63) is 22.8 Å². The lowest BCUT2D eigenvalue weighted by molar-refractivity contribution is 0.0156. The maximum Gasteiger partial charge on any atom is 0.255 e. The van der Waals surface area contributed by atoms with Gasteiger partial charge in [-0.05, 0) is 32.8 Å². The predicted molar refractivity (Wildman–Crippen MR) is 85.4 cm³/mol. The van der Waals surface area contributed by atoms with Gasteiger partial charge < -0.3 is 14.7 Å². The summed E-state index contributed by atoms with van der Waals surface area (Å²) in [6, 6.07) is 1.56. The number of halogens is 1. The molecule has 1 aliphatic carbocycles. The maximum absolute atomic E-state index is 12.4. The van der Waals surface area contributed by atoms with Gasteiger partial charge in [-0.3, -0.25) is 4.79 Å². The number of ether oxygens (including phenoxy) is 1. The lowest BCUT2D eigenvalue weighted by Crippen LogP contribution is -2.42. The molecule has 6 heteroatoms. The summed E-state index contributed by atoms with van der Waals surface area (Å²) in [5.41, 5.74) is -0.368. The fourth-order valence-corrected chi connectivity index (χ4v) is 2.99. The van der Waals surface area contributed by atoms with Gasteiger partial charge in [-0.25, -0.2) is 4.98 Å². The highest BCUT2D eigenvalue weighted by atomic mass is 35.5. The van der Waals surface area contributed by atoms with Gasteiger partial charge in [-0.1, -0.05) is 24.4 Å². The predicted octanol–water partition coefficient (Wildman–Crippen LogP) is 2.90. The zero-order chi connectivity index (χ0) is 16.3. The molecule has 1 aromatic heterocycles. The molecule has 0 radical (unpaired) electrons. The van der Waals surface area contributed by atoms with Crippen LogP contribution >= 0.6 is 11.6 Å². The quantitative estimate of drug-likeness (QED) is 0.903. The number of carbonyl (C=O) groups is 1. The first-order valence-electron chi connectivity index (χ1n) is 7.61. The van der Waals surface area contributed by atoms with E-state index in [0.717, 1.165) is 25.7 Å². The summed E-state index contributed by atoms with van der Waals surface area (Å²) < 4.78 is 5.46. The Kier molecular flexibility index (Phi) is 5.29. The van der Waals surface area contributed by atoms with Gasteiger partial charge in [0.25, 0.3) is 5.91 Å². The molecular weight excluding hydrogens is 304 g/mol. The van der Waals surface area contributed by atoms with E-state index >= 15 is 0 Å². The normalized spacial score (nSPS) is 16.8. The average molecular weight is 327 g/mol. The fraction of sp³-hybridized carbons (Fsp3) is 0.625. The zero-order valence-electron chi connectivity index (χ0n) is 13.3. The summed E-state index contributed by atoms with van der Waals surface area (Å²) in [6.07, 6.45) is 4.92. The molecule has 1 fully saturated rings. The van der Waals surface area contributed by atoms with Gasteiger partial charge in [0.05, 0.1) is 17.3 Å². The van der Waals surface area contributed by atoms with E-state index in [1.165, 1.54) is 11.1 Å². The molecular formula is C16H23ClN2O3. The molecule has 1 N–H and O–H groups in total. The van der Waals surface area contributed by atoms with E-state index in [4.69, 9.17) is 16.3 Å². The molecule has 1 saturated carbocycles. The lowest BCUT2D eigenvalue weighted by Gasteiger charge is -2.28. The monoisotopic (exact) mass is 326 g/mol. The molecule has 1 heterocycles. The molecule has 0 aliphatic heterocycles. The molecule has 22 heavy (non-hydrogen) atoms. The van der Waals surface area contributed by atoms with Crippen LogP contribution in [-0.4, -0.2) is 46.2 Å². The van der Waals surface area contributed by atoms with Crippen molar-refractivity contribution in [3.63, 3.8) is 0 Å². The standard InChI is InChI=1S/C16H23ClN2O3/c1-11(2)22-14-13(17)8-12(9-18-14)15(20)19(3)10-16(21)6-4-5-7-16/h8-9,11,21H,4-7,10H2,1-3H3. The van der Waals surface area contributed by atoms with Crippen LogP contribution in [0.5, 0.6) is 5.88 Å². The number of rotatable bonds is 5. The third kappa shape index (κ3) is 4.11. The van der Waals surface area contributed by atoms with Crippen LogP contribution in [0.1, 0.15) is 49.9 Å². The van der Waals surface area contributed by atoms with Crippen LogP contribution < -0.4 is 4.74 Å². The van der Waals surface area contributed by atoms with Crippen LogP contribution in [0.3, 0.4) is 0 Å². The summed E-state index contributed by atoms with van der Waals surface area (Å²) in [7, 11) is 1.69.